The van der Waals surface area contributed by atoms with E-state index >= 15 is 0 Å². The summed E-state index contributed by atoms with van der Waals surface area (Å²) in [5, 5.41) is 19.2. The largest absolute Gasteiger partial charge is 0.508 e. The van der Waals surface area contributed by atoms with E-state index in [1.54, 1.807) is 18.2 Å². The number of anilines is 1. The molecule has 0 spiro atoms. The van der Waals surface area contributed by atoms with Crippen molar-refractivity contribution in [2.75, 3.05) is 12.3 Å². The van der Waals surface area contributed by atoms with Crippen LogP contribution in [0.25, 0.3) is 11.3 Å². The van der Waals surface area contributed by atoms with Gasteiger partial charge in [0.05, 0.1) is 16.9 Å². The third-order valence-corrected chi connectivity index (χ3v) is 4.47. The molecule has 3 N–H and O–H groups in total. The average molecular weight is 323 g/mol. The molecule has 0 unspecified atom stereocenters. The highest BCUT2D eigenvalue weighted by Gasteiger charge is 2.31. The van der Waals surface area contributed by atoms with Gasteiger partial charge in [0.2, 0.25) is 0 Å². The Labute approximate surface area is 141 Å². The van der Waals surface area contributed by atoms with Gasteiger partial charge in [0, 0.05) is 12.2 Å². The van der Waals surface area contributed by atoms with E-state index in [0.717, 1.165) is 24.0 Å². The van der Waals surface area contributed by atoms with Crippen molar-refractivity contribution in [2.45, 2.75) is 38.2 Å². The molecule has 24 heavy (non-hydrogen) atoms. The van der Waals surface area contributed by atoms with E-state index in [-0.39, 0.29) is 23.1 Å². The lowest BCUT2D eigenvalue weighted by Gasteiger charge is -2.36. The van der Waals surface area contributed by atoms with Crippen LogP contribution in [0.15, 0.2) is 30.3 Å². The molecule has 0 saturated carbocycles. The van der Waals surface area contributed by atoms with Crippen LogP contribution in [0.3, 0.4) is 0 Å². The molecular weight excluding hydrogens is 302 g/mol. The Morgan fingerprint density at radius 1 is 1.38 bits per heavy atom. The lowest BCUT2D eigenvalue weighted by Crippen LogP contribution is -2.33. The second-order valence-electron chi connectivity index (χ2n) is 6.82. The van der Waals surface area contributed by atoms with Gasteiger partial charge in [-0.25, -0.2) is 4.98 Å². The zero-order chi connectivity index (χ0) is 17.3. The van der Waals surface area contributed by atoms with Gasteiger partial charge in [-0.3, -0.25) is 0 Å². The van der Waals surface area contributed by atoms with Crippen LogP contribution in [0.2, 0.25) is 0 Å². The molecule has 3 rings (SSSR count). The summed E-state index contributed by atoms with van der Waals surface area (Å²) < 4.78 is 5.79. The first-order valence-electron chi connectivity index (χ1n) is 8.03. The van der Waals surface area contributed by atoms with Crippen LogP contribution in [0.4, 0.5) is 5.82 Å². The van der Waals surface area contributed by atoms with Gasteiger partial charge < -0.3 is 15.6 Å². The van der Waals surface area contributed by atoms with Crippen LogP contribution in [0.1, 0.15) is 43.7 Å². The fraction of sp³-hybridized carbons (Fsp3) is 0.368. The molecule has 0 radical (unpaired) electrons. The number of aromatic nitrogens is 1. The summed E-state index contributed by atoms with van der Waals surface area (Å²) in [7, 11) is 0. The number of phenols is 1. The summed E-state index contributed by atoms with van der Waals surface area (Å²) in [6.45, 7) is 4.78. The fourth-order valence-electron chi connectivity index (χ4n) is 3.34. The molecule has 5 heteroatoms. The summed E-state index contributed by atoms with van der Waals surface area (Å²) in [6, 6.07) is 11.0. The van der Waals surface area contributed by atoms with Crippen molar-refractivity contribution >= 4 is 5.82 Å². The zero-order valence-electron chi connectivity index (χ0n) is 13.9. The number of ether oxygens (including phenoxy) is 1. The van der Waals surface area contributed by atoms with Gasteiger partial charge in [-0.2, -0.15) is 5.26 Å². The quantitative estimate of drug-likeness (QED) is 0.881. The van der Waals surface area contributed by atoms with Crippen molar-refractivity contribution in [3.05, 3.63) is 41.5 Å². The number of rotatable bonds is 2. The van der Waals surface area contributed by atoms with Crippen LogP contribution in [-0.2, 0) is 4.74 Å². The molecule has 1 aromatic heterocycles. The van der Waals surface area contributed by atoms with Gasteiger partial charge in [0.15, 0.2) is 0 Å². The van der Waals surface area contributed by atoms with Crippen molar-refractivity contribution in [2.24, 2.45) is 0 Å². The molecule has 5 nitrogen and oxygen atoms in total. The Bertz CT molecular complexity index is 809. The van der Waals surface area contributed by atoms with E-state index in [9.17, 15) is 10.4 Å². The molecule has 1 aliphatic rings. The highest BCUT2D eigenvalue weighted by molar-refractivity contribution is 5.67. The van der Waals surface area contributed by atoms with Crippen LogP contribution >= 0.6 is 0 Å². The number of benzene rings is 1. The number of aromatic hydroxyl groups is 1. The lowest BCUT2D eigenvalue weighted by atomic mass is 9.81. The number of hydrogen-bond donors (Lipinski definition) is 2. The molecule has 0 amide bonds. The predicted molar refractivity (Wildman–Crippen MR) is 92.5 cm³/mol. The Morgan fingerprint density at radius 2 is 2.17 bits per heavy atom. The minimum atomic E-state index is -0.223. The third kappa shape index (κ3) is 3.19. The molecule has 1 aliphatic heterocycles. The normalized spacial score (nSPS) is 19.6. The second kappa shape index (κ2) is 6.14. The number of hydrogen-bond acceptors (Lipinski definition) is 5. The number of nitrogens with zero attached hydrogens (tertiary/aromatic N) is 2. The van der Waals surface area contributed by atoms with Crippen LogP contribution in [0.5, 0.6) is 5.75 Å². The fourth-order valence-corrected chi connectivity index (χ4v) is 3.34. The summed E-state index contributed by atoms with van der Waals surface area (Å²) in [6.07, 6.45) is 1.67. The van der Waals surface area contributed by atoms with E-state index in [0.29, 0.717) is 17.9 Å². The maximum Gasteiger partial charge on any atom is 0.142 e. The summed E-state index contributed by atoms with van der Waals surface area (Å²) in [4.78, 5) is 4.36. The first kappa shape index (κ1) is 16.3. The van der Waals surface area contributed by atoms with Gasteiger partial charge in [0.25, 0.3) is 0 Å². The summed E-state index contributed by atoms with van der Waals surface area (Å²) in [5.74, 6) is 0.605. The molecule has 0 aliphatic carbocycles. The molecule has 1 atom stereocenters. The van der Waals surface area contributed by atoms with Crippen LogP contribution < -0.4 is 5.73 Å². The number of nitrogens with two attached hydrogens (primary N) is 1. The molecule has 0 bridgehead atoms. The minimum absolute atomic E-state index is 0.172. The average Bonchev–Trinajstić information content (AvgIpc) is 2.53. The Balaban J connectivity index is 2.09. The molecule has 2 heterocycles. The smallest absolute Gasteiger partial charge is 0.142 e. The van der Waals surface area contributed by atoms with E-state index < -0.39 is 0 Å². The van der Waals surface area contributed by atoms with E-state index in [4.69, 9.17) is 10.5 Å². The Morgan fingerprint density at radius 3 is 2.83 bits per heavy atom. The van der Waals surface area contributed by atoms with Crippen LogP contribution in [-0.4, -0.2) is 22.3 Å². The minimum Gasteiger partial charge on any atom is -0.508 e. The first-order chi connectivity index (χ1) is 11.4. The zero-order valence-corrected chi connectivity index (χ0v) is 13.9. The number of nitriles is 1. The van der Waals surface area contributed by atoms with Crippen molar-refractivity contribution in [1.29, 1.82) is 5.26 Å². The van der Waals surface area contributed by atoms with Gasteiger partial charge in [-0.05, 0) is 56.4 Å². The Kier molecular flexibility index (Phi) is 4.16. The van der Waals surface area contributed by atoms with Crippen molar-refractivity contribution < 1.29 is 9.84 Å². The van der Waals surface area contributed by atoms with Gasteiger partial charge in [-0.15, -0.1) is 0 Å². The molecule has 2 aromatic rings. The third-order valence-electron chi connectivity index (χ3n) is 4.47. The highest BCUT2D eigenvalue weighted by Crippen LogP contribution is 2.39. The topological polar surface area (TPSA) is 92.2 Å². The molecule has 124 valence electrons. The lowest BCUT2D eigenvalue weighted by molar-refractivity contribution is -0.0593. The van der Waals surface area contributed by atoms with Crippen molar-refractivity contribution in [3.63, 3.8) is 0 Å². The monoisotopic (exact) mass is 323 g/mol. The summed E-state index contributed by atoms with van der Waals surface area (Å²) in [5.41, 5.74) is 8.64. The van der Waals surface area contributed by atoms with E-state index in [2.05, 4.69) is 24.9 Å². The second-order valence-corrected chi connectivity index (χ2v) is 6.82. The molecule has 1 aromatic carbocycles. The SMILES string of the molecule is CC1(C)C[C@@H](c2cc(-c3cccc(O)c3)nc(N)c2C#N)CCO1. The van der Waals surface area contributed by atoms with Gasteiger partial charge >= 0.3 is 0 Å². The van der Waals surface area contributed by atoms with Crippen LogP contribution in [0, 0.1) is 11.3 Å². The van der Waals surface area contributed by atoms with Gasteiger partial charge in [0.1, 0.15) is 17.6 Å². The number of phenolic OH excluding ortho intramolecular Hbond substituents is 1. The van der Waals surface area contributed by atoms with Crippen molar-refractivity contribution in [3.8, 4) is 23.1 Å². The number of pyridine rings is 1. The van der Waals surface area contributed by atoms with Crippen molar-refractivity contribution in [1.82, 2.24) is 4.98 Å². The first-order valence-corrected chi connectivity index (χ1v) is 8.03. The molecule has 1 fully saturated rings. The Hall–Kier alpha value is -2.58. The van der Waals surface area contributed by atoms with Gasteiger partial charge in [-0.1, -0.05) is 12.1 Å². The highest BCUT2D eigenvalue weighted by atomic mass is 16.5. The standard InChI is InChI=1S/C19H21N3O2/c1-19(2)10-13(6-7-24-19)15-9-17(22-18(21)16(15)11-20)12-4-3-5-14(23)8-12/h3-5,8-9,13,23H,6-7,10H2,1-2H3,(H2,21,22)/t13-/m0/s1. The maximum atomic E-state index is 9.70. The predicted octanol–water partition coefficient (Wildman–Crippen LogP) is 3.58. The molecule has 1 saturated heterocycles. The maximum absolute atomic E-state index is 9.70. The van der Waals surface area contributed by atoms with E-state index in [1.807, 2.05) is 12.1 Å². The van der Waals surface area contributed by atoms with E-state index in [1.165, 1.54) is 0 Å². The molecular formula is C19H21N3O2. The number of nitrogen functional groups attached to an aromatic ring is 1. The summed E-state index contributed by atoms with van der Waals surface area (Å²) >= 11 is 0.